The molecule has 6 nitrogen and oxygen atoms in total. The number of hydrogen-bond acceptors (Lipinski definition) is 5. The highest BCUT2D eigenvalue weighted by Crippen LogP contribution is 2.29. The molecule has 2 N–H and O–H groups in total. The van der Waals surface area contributed by atoms with Gasteiger partial charge >= 0.3 is 6.18 Å². The van der Waals surface area contributed by atoms with Gasteiger partial charge in [0.05, 0.1) is 11.9 Å². The molecule has 28 heavy (non-hydrogen) atoms. The summed E-state index contributed by atoms with van der Waals surface area (Å²) < 4.78 is 63.3. The fraction of sp³-hybridized carbons (Fsp3) is 0.722. The molecule has 0 aliphatic carbocycles. The number of halogens is 3. The number of pyridine rings is 1. The molecular formula is C18H28F3N3O3S. The van der Waals surface area contributed by atoms with Crippen LogP contribution in [0.5, 0.6) is 0 Å². The molecule has 0 saturated carbocycles. The van der Waals surface area contributed by atoms with Crippen molar-refractivity contribution in [3.8, 4) is 0 Å². The van der Waals surface area contributed by atoms with E-state index in [9.17, 15) is 26.7 Å². The second-order valence-corrected chi connectivity index (χ2v) is 10.0. The Morgan fingerprint density at radius 2 is 2.04 bits per heavy atom. The van der Waals surface area contributed by atoms with E-state index in [0.29, 0.717) is 19.5 Å². The molecule has 0 amide bonds. The lowest BCUT2D eigenvalue weighted by atomic mass is 9.86. The van der Waals surface area contributed by atoms with E-state index in [2.05, 4.69) is 10.3 Å². The lowest BCUT2D eigenvalue weighted by Crippen LogP contribution is -2.46. The van der Waals surface area contributed by atoms with E-state index in [0.717, 1.165) is 18.9 Å². The summed E-state index contributed by atoms with van der Waals surface area (Å²) in [7, 11) is -3.22. The predicted octanol–water partition coefficient (Wildman–Crippen LogP) is 2.56. The summed E-state index contributed by atoms with van der Waals surface area (Å²) in [6.07, 6.45) is -2.15. The summed E-state index contributed by atoms with van der Waals surface area (Å²) in [6.45, 7) is 4.89. The van der Waals surface area contributed by atoms with Crippen molar-refractivity contribution >= 4 is 10.0 Å². The van der Waals surface area contributed by atoms with Crippen molar-refractivity contribution in [2.75, 3.05) is 25.9 Å². The zero-order valence-electron chi connectivity index (χ0n) is 16.3. The van der Waals surface area contributed by atoms with Crippen molar-refractivity contribution in [3.63, 3.8) is 0 Å². The molecule has 1 aromatic rings. The molecule has 0 aromatic carbocycles. The van der Waals surface area contributed by atoms with Gasteiger partial charge in [0.15, 0.2) is 0 Å². The molecule has 1 aliphatic rings. The minimum Gasteiger partial charge on any atom is -0.385 e. The summed E-state index contributed by atoms with van der Waals surface area (Å²) in [5.41, 5.74) is -1.50. The third kappa shape index (κ3) is 6.68. The van der Waals surface area contributed by atoms with Crippen LogP contribution >= 0.6 is 0 Å². The standard InChI is InChI=1S/C18H28F3N3O3S/c1-17(2,10-13-6-5-9-24(12-13)28(3,26)27)22-11-15(25)14-7-4-8-16(23-14)18(19,20)21/h4,7-8,13,15,22,25H,5-6,9-12H2,1-3H3/t13-,15-/m0/s1. The van der Waals surface area contributed by atoms with Crippen LogP contribution in [0, 0.1) is 5.92 Å². The molecule has 1 aromatic heterocycles. The zero-order valence-corrected chi connectivity index (χ0v) is 17.1. The molecule has 2 rings (SSSR count). The van der Waals surface area contributed by atoms with Crippen molar-refractivity contribution in [2.24, 2.45) is 5.92 Å². The lowest BCUT2D eigenvalue weighted by Gasteiger charge is -2.36. The quantitative estimate of drug-likeness (QED) is 0.704. The van der Waals surface area contributed by atoms with Gasteiger partial charge in [-0.05, 0) is 51.2 Å². The molecule has 0 bridgehead atoms. The van der Waals surface area contributed by atoms with E-state index in [1.165, 1.54) is 22.7 Å². The highest BCUT2D eigenvalue weighted by molar-refractivity contribution is 7.88. The fourth-order valence-corrected chi connectivity index (χ4v) is 4.50. The second-order valence-electron chi connectivity index (χ2n) is 8.06. The van der Waals surface area contributed by atoms with Crippen LogP contribution in [-0.4, -0.2) is 54.2 Å². The topological polar surface area (TPSA) is 82.5 Å². The third-order valence-corrected chi connectivity index (χ3v) is 6.20. The van der Waals surface area contributed by atoms with Gasteiger partial charge in [-0.1, -0.05) is 6.07 Å². The Morgan fingerprint density at radius 3 is 2.64 bits per heavy atom. The molecule has 2 atom stereocenters. The van der Waals surface area contributed by atoms with E-state index < -0.39 is 33.5 Å². The normalized spacial score (nSPS) is 20.9. The number of hydrogen-bond donors (Lipinski definition) is 2. The first-order chi connectivity index (χ1) is 12.8. The Bertz CT molecular complexity index is 769. The summed E-state index contributed by atoms with van der Waals surface area (Å²) in [5.74, 6) is 0.176. The smallest absolute Gasteiger partial charge is 0.385 e. The van der Waals surface area contributed by atoms with Crippen molar-refractivity contribution in [2.45, 2.75) is 50.9 Å². The van der Waals surface area contributed by atoms with Gasteiger partial charge in [-0.25, -0.2) is 17.7 Å². The number of nitrogens with one attached hydrogen (secondary N) is 1. The van der Waals surface area contributed by atoms with Crippen LogP contribution in [0.25, 0.3) is 0 Å². The molecule has 2 heterocycles. The molecule has 1 aliphatic heterocycles. The maximum atomic E-state index is 12.8. The van der Waals surface area contributed by atoms with Gasteiger partial charge in [-0.2, -0.15) is 13.2 Å². The third-order valence-electron chi connectivity index (χ3n) is 4.93. The number of aliphatic hydroxyl groups is 1. The van der Waals surface area contributed by atoms with E-state index in [1.54, 1.807) is 0 Å². The number of nitrogens with zero attached hydrogens (tertiary/aromatic N) is 2. The first-order valence-corrected chi connectivity index (χ1v) is 11.1. The zero-order chi connectivity index (χ0) is 21.2. The number of β-amino-alcohol motifs (C(OH)–C–C–N with tert-alkyl or cyclic N) is 1. The summed E-state index contributed by atoms with van der Waals surface area (Å²) >= 11 is 0. The highest BCUT2D eigenvalue weighted by atomic mass is 32.2. The Morgan fingerprint density at radius 1 is 1.36 bits per heavy atom. The Hall–Kier alpha value is -1.23. The molecule has 0 unspecified atom stereocenters. The summed E-state index contributed by atoms with van der Waals surface area (Å²) in [4.78, 5) is 3.51. The molecule has 1 saturated heterocycles. The molecule has 0 radical (unpaired) electrons. The minimum atomic E-state index is -4.56. The van der Waals surface area contributed by atoms with Crippen LogP contribution in [0.3, 0.4) is 0 Å². The Labute approximate surface area is 164 Å². The van der Waals surface area contributed by atoms with Crippen molar-refractivity contribution in [1.82, 2.24) is 14.6 Å². The van der Waals surface area contributed by atoms with Crippen molar-refractivity contribution in [1.29, 1.82) is 0 Å². The maximum absolute atomic E-state index is 12.8. The van der Waals surface area contributed by atoms with Gasteiger partial charge in [0.2, 0.25) is 10.0 Å². The van der Waals surface area contributed by atoms with E-state index in [1.807, 2.05) is 13.8 Å². The highest BCUT2D eigenvalue weighted by Gasteiger charge is 2.33. The van der Waals surface area contributed by atoms with Crippen molar-refractivity contribution in [3.05, 3.63) is 29.6 Å². The molecule has 1 fully saturated rings. The number of rotatable bonds is 7. The Kier molecular flexibility index (Phi) is 7.12. The van der Waals surface area contributed by atoms with Gasteiger partial charge < -0.3 is 10.4 Å². The number of alkyl halides is 3. The largest absolute Gasteiger partial charge is 0.433 e. The lowest BCUT2D eigenvalue weighted by molar-refractivity contribution is -0.141. The number of aromatic nitrogens is 1. The average molecular weight is 424 g/mol. The van der Waals surface area contributed by atoms with Crippen LogP contribution in [0.15, 0.2) is 18.2 Å². The van der Waals surface area contributed by atoms with Crippen LogP contribution < -0.4 is 5.32 Å². The summed E-state index contributed by atoms with van der Waals surface area (Å²) in [5, 5.41) is 13.4. The number of piperidine rings is 1. The van der Waals surface area contributed by atoms with Crippen LogP contribution in [0.2, 0.25) is 0 Å². The van der Waals surface area contributed by atoms with Crippen LogP contribution in [0.4, 0.5) is 13.2 Å². The average Bonchev–Trinajstić information content (AvgIpc) is 2.58. The maximum Gasteiger partial charge on any atom is 0.433 e. The Balaban J connectivity index is 1.94. The van der Waals surface area contributed by atoms with E-state index in [-0.39, 0.29) is 18.2 Å². The van der Waals surface area contributed by atoms with Gasteiger partial charge in [0, 0.05) is 25.2 Å². The molecule has 10 heteroatoms. The van der Waals surface area contributed by atoms with Gasteiger partial charge in [0.1, 0.15) is 11.8 Å². The van der Waals surface area contributed by atoms with Crippen LogP contribution in [0.1, 0.15) is 50.6 Å². The second kappa shape index (κ2) is 8.64. The molecule has 160 valence electrons. The van der Waals surface area contributed by atoms with Crippen molar-refractivity contribution < 1.29 is 26.7 Å². The number of sulfonamides is 1. The monoisotopic (exact) mass is 423 g/mol. The van der Waals surface area contributed by atoms with Gasteiger partial charge in [-0.15, -0.1) is 0 Å². The molecular weight excluding hydrogens is 395 g/mol. The van der Waals surface area contributed by atoms with Crippen LogP contribution in [-0.2, 0) is 16.2 Å². The minimum absolute atomic E-state index is 0.0426. The van der Waals surface area contributed by atoms with E-state index in [4.69, 9.17) is 0 Å². The predicted molar refractivity (Wildman–Crippen MR) is 100 cm³/mol. The fourth-order valence-electron chi connectivity index (χ4n) is 3.56. The first kappa shape index (κ1) is 23.1. The summed E-state index contributed by atoms with van der Waals surface area (Å²) in [6, 6.07) is 3.45. The molecule has 0 spiro atoms. The van der Waals surface area contributed by atoms with Gasteiger partial charge in [0.25, 0.3) is 0 Å². The SMILES string of the molecule is CC(C)(C[C@@H]1CCCN(S(C)(=O)=O)C1)NC[C@H](O)c1cccc(C(F)(F)F)n1. The van der Waals surface area contributed by atoms with E-state index >= 15 is 0 Å². The number of aliphatic hydroxyl groups excluding tert-OH is 1. The van der Waals surface area contributed by atoms with Gasteiger partial charge in [-0.3, -0.25) is 0 Å². The first-order valence-electron chi connectivity index (χ1n) is 9.20.